The Morgan fingerprint density at radius 3 is 2.35 bits per heavy atom. The topological polar surface area (TPSA) is 58.4 Å². The van der Waals surface area contributed by atoms with Gasteiger partial charge in [-0.15, -0.1) is 11.3 Å². The summed E-state index contributed by atoms with van der Waals surface area (Å²) in [6, 6.07) is 14.1. The van der Waals surface area contributed by atoms with Gasteiger partial charge in [0.1, 0.15) is 5.69 Å². The summed E-state index contributed by atoms with van der Waals surface area (Å²) >= 11 is 1.59. The molecule has 6 nitrogen and oxygen atoms in total. The molecule has 1 aliphatic heterocycles. The van der Waals surface area contributed by atoms with Crippen LogP contribution in [0.4, 0.5) is 0 Å². The van der Waals surface area contributed by atoms with Gasteiger partial charge in [-0.25, -0.2) is 0 Å². The second-order valence-electron chi connectivity index (χ2n) is 8.30. The molecule has 1 aliphatic carbocycles. The zero-order valence-electron chi connectivity index (χ0n) is 17.4. The molecule has 0 radical (unpaired) electrons. The molecule has 0 spiro atoms. The second-order valence-corrected chi connectivity index (χ2v) is 9.24. The molecule has 5 rings (SSSR count). The highest BCUT2D eigenvalue weighted by Crippen LogP contribution is 2.30. The van der Waals surface area contributed by atoms with Gasteiger partial charge in [-0.05, 0) is 29.9 Å². The van der Waals surface area contributed by atoms with Crippen LogP contribution in [-0.2, 0) is 11.3 Å². The quantitative estimate of drug-likeness (QED) is 0.615. The number of rotatable bonds is 5. The minimum absolute atomic E-state index is 0.00143. The number of thiophene rings is 1. The minimum Gasteiger partial charge on any atom is -0.339 e. The minimum atomic E-state index is -0.00143. The Kier molecular flexibility index (Phi) is 5.59. The molecular weight excluding hydrogens is 408 g/mol. The van der Waals surface area contributed by atoms with Crippen molar-refractivity contribution >= 4 is 23.2 Å². The largest absolute Gasteiger partial charge is 0.339 e. The molecule has 3 aromatic rings. The number of carbonyl (C=O) groups excluding carboxylic acids is 2. The van der Waals surface area contributed by atoms with Crippen LogP contribution < -0.4 is 0 Å². The van der Waals surface area contributed by atoms with Gasteiger partial charge in [-0.3, -0.25) is 14.3 Å². The molecule has 2 aliphatic rings. The molecule has 2 fully saturated rings. The van der Waals surface area contributed by atoms with Gasteiger partial charge in [0.25, 0.3) is 5.91 Å². The van der Waals surface area contributed by atoms with Crippen LogP contribution in [0.1, 0.15) is 35.2 Å². The van der Waals surface area contributed by atoms with Gasteiger partial charge >= 0.3 is 0 Å². The van der Waals surface area contributed by atoms with E-state index in [-0.39, 0.29) is 17.7 Å². The summed E-state index contributed by atoms with van der Waals surface area (Å²) in [7, 11) is 0. The first-order valence-corrected chi connectivity index (χ1v) is 11.8. The summed E-state index contributed by atoms with van der Waals surface area (Å²) < 4.78 is 1.86. The number of hydrogen-bond acceptors (Lipinski definition) is 4. The molecule has 0 N–H and O–H groups in total. The van der Waals surface area contributed by atoms with Crippen LogP contribution in [0.3, 0.4) is 0 Å². The van der Waals surface area contributed by atoms with Crippen LogP contribution >= 0.6 is 11.3 Å². The average molecular weight is 435 g/mol. The summed E-state index contributed by atoms with van der Waals surface area (Å²) in [6.07, 6.45) is 5.06. The number of piperazine rings is 1. The molecule has 1 saturated heterocycles. The highest BCUT2D eigenvalue weighted by Gasteiger charge is 2.33. The fourth-order valence-corrected chi connectivity index (χ4v) is 4.96. The maximum Gasteiger partial charge on any atom is 0.257 e. The first kappa shape index (κ1) is 20.0. The molecule has 1 saturated carbocycles. The molecule has 31 heavy (non-hydrogen) atoms. The predicted octanol–water partition coefficient (Wildman–Crippen LogP) is 3.74. The molecule has 3 heterocycles. The molecule has 2 amide bonds. The van der Waals surface area contributed by atoms with Gasteiger partial charge in [0.15, 0.2) is 0 Å². The fourth-order valence-electron chi connectivity index (χ4n) is 4.24. The molecule has 0 atom stereocenters. The second kappa shape index (κ2) is 8.67. The molecule has 2 aromatic heterocycles. The number of hydrogen-bond donors (Lipinski definition) is 0. The predicted molar refractivity (Wildman–Crippen MR) is 121 cm³/mol. The smallest absolute Gasteiger partial charge is 0.257 e. The highest BCUT2D eigenvalue weighted by molar-refractivity contribution is 7.13. The van der Waals surface area contributed by atoms with Crippen LogP contribution in [-0.4, -0.2) is 57.6 Å². The maximum absolute atomic E-state index is 13.4. The Labute approximate surface area is 186 Å². The van der Waals surface area contributed by atoms with Gasteiger partial charge < -0.3 is 9.80 Å². The van der Waals surface area contributed by atoms with Gasteiger partial charge in [0, 0.05) is 38.3 Å². The van der Waals surface area contributed by atoms with E-state index in [9.17, 15) is 9.59 Å². The fraction of sp³-hybridized carbons (Fsp3) is 0.375. The Balaban J connectivity index is 1.33. The van der Waals surface area contributed by atoms with E-state index >= 15 is 0 Å². The van der Waals surface area contributed by atoms with Crippen molar-refractivity contribution in [2.24, 2.45) is 5.92 Å². The van der Waals surface area contributed by atoms with Gasteiger partial charge in [-0.2, -0.15) is 5.10 Å². The molecule has 1 aromatic carbocycles. The number of carbonyl (C=O) groups is 2. The third kappa shape index (κ3) is 4.14. The molecule has 0 unspecified atom stereocenters. The lowest BCUT2D eigenvalue weighted by molar-refractivity contribution is -0.139. The average Bonchev–Trinajstić information content (AvgIpc) is 3.43. The molecule has 0 bridgehead atoms. The van der Waals surface area contributed by atoms with Crippen LogP contribution in [0.5, 0.6) is 0 Å². The van der Waals surface area contributed by atoms with Crippen molar-refractivity contribution in [3.63, 3.8) is 0 Å². The third-order valence-corrected chi connectivity index (χ3v) is 7.14. The van der Waals surface area contributed by atoms with E-state index in [1.165, 1.54) is 0 Å². The van der Waals surface area contributed by atoms with E-state index in [2.05, 4.69) is 12.1 Å². The van der Waals surface area contributed by atoms with E-state index in [4.69, 9.17) is 5.10 Å². The monoisotopic (exact) mass is 434 g/mol. The van der Waals surface area contributed by atoms with Gasteiger partial charge in [0.05, 0.1) is 17.0 Å². The van der Waals surface area contributed by atoms with Crippen molar-refractivity contribution < 1.29 is 9.59 Å². The Hall–Kier alpha value is -2.93. The van der Waals surface area contributed by atoms with Gasteiger partial charge in [-0.1, -0.05) is 42.8 Å². The number of amides is 2. The molecule has 160 valence electrons. The standard InChI is InChI=1S/C24H26N4O2S/c29-23(19-8-4-9-19)26-11-13-27(14-12-26)24(30)20-17-28(16-18-6-2-1-3-7-18)25-22(20)21-10-5-15-31-21/h1-3,5-7,10,15,17,19H,4,8-9,11-14,16H2. The van der Waals surface area contributed by atoms with Crippen LogP contribution in [0.15, 0.2) is 54.0 Å². The highest BCUT2D eigenvalue weighted by atomic mass is 32.1. The van der Waals surface area contributed by atoms with E-state index in [1.54, 1.807) is 11.3 Å². The zero-order chi connectivity index (χ0) is 21.2. The van der Waals surface area contributed by atoms with Crippen molar-refractivity contribution in [3.05, 3.63) is 65.2 Å². The summed E-state index contributed by atoms with van der Waals surface area (Å²) in [5, 5.41) is 6.77. The number of benzene rings is 1. The summed E-state index contributed by atoms with van der Waals surface area (Å²) in [5.74, 6) is 0.482. The van der Waals surface area contributed by atoms with E-state index in [1.807, 2.05) is 56.4 Å². The first-order valence-electron chi connectivity index (χ1n) is 10.9. The van der Waals surface area contributed by atoms with Crippen molar-refractivity contribution in [3.8, 4) is 10.6 Å². The zero-order valence-corrected chi connectivity index (χ0v) is 18.3. The van der Waals surface area contributed by atoms with E-state index in [0.717, 1.165) is 35.4 Å². The maximum atomic E-state index is 13.4. The summed E-state index contributed by atoms with van der Waals surface area (Å²) in [6.45, 7) is 3.01. The van der Waals surface area contributed by atoms with Gasteiger partial charge in [0.2, 0.25) is 5.91 Å². The van der Waals surface area contributed by atoms with Crippen LogP contribution in [0.2, 0.25) is 0 Å². The van der Waals surface area contributed by atoms with Crippen molar-refractivity contribution in [2.45, 2.75) is 25.8 Å². The number of aromatic nitrogens is 2. The Morgan fingerprint density at radius 1 is 0.968 bits per heavy atom. The first-order chi connectivity index (χ1) is 15.2. The lowest BCUT2D eigenvalue weighted by Crippen LogP contribution is -2.52. The van der Waals surface area contributed by atoms with Crippen molar-refractivity contribution in [2.75, 3.05) is 26.2 Å². The third-order valence-electron chi connectivity index (χ3n) is 6.27. The summed E-state index contributed by atoms with van der Waals surface area (Å²) in [4.78, 5) is 30.8. The molecular formula is C24H26N4O2S. The Bertz CT molecular complexity index is 1050. The Morgan fingerprint density at radius 2 is 1.71 bits per heavy atom. The van der Waals surface area contributed by atoms with E-state index in [0.29, 0.717) is 38.3 Å². The molecule has 7 heteroatoms. The normalized spacial score (nSPS) is 16.9. The number of nitrogens with zero attached hydrogens (tertiary/aromatic N) is 4. The lowest BCUT2D eigenvalue weighted by Gasteiger charge is -2.38. The summed E-state index contributed by atoms with van der Waals surface area (Å²) in [5.41, 5.74) is 2.52. The van der Waals surface area contributed by atoms with Crippen LogP contribution in [0, 0.1) is 5.92 Å². The lowest BCUT2D eigenvalue weighted by atomic mass is 9.84. The SMILES string of the molecule is O=C(c1cn(Cc2ccccc2)nc1-c1cccs1)N1CCN(C(=O)C2CCC2)CC1. The van der Waals surface area contributed by atoms with Crippen molar-refractivity contribution in [1.29, 1.82) is 0 Å². The van der Waals surface area contributed by atoms with Crippen molar-refractivity contribution in [1.82, 2.24) is 19.6 Å². The van der Waals surface area contributed by atoms with E-state index < -0.39 is 0 Å². The van der Waals surface area contributed by atoms with Crippen LogP contribution in [0.25, 0.3) is 10.6 Å².